The Morgan fingerprint density at radius 3 is 2.67 bits per heavy atom. The number of carbonyl (C=O) groups is 1. The predicted octanol–water partition coefficient (Wildman–Crippen LogP) is 4.13. The molecule has 7 heteroatoms. The van der Waals surface area contributed by atoms with E-state index in [2.05, 4.69) is 16.4 Å². The van der Waals surface area contributed by atoms with E-state index in [1.165, 1.54) is 13.3 Å². The number of methoxy groups -OCH3 is 3. The Bertz CT molecular complexity index is 1000. The number of benzene rings is 1. The average Bonchev–Trinajstić information content (AvgIpc) is 3.25. The highest BCUT2D eigenvalue weighted by Crippen LogP contribution is 2.48. The Labute approximate surface area is 160 Å². The van der Waals surface area contributed by atoms with Crippen LogP contribution in [0.5, 0.6) is 11.5 Å². The number of aromatic nitrogens is 1. The molecule has 2 aromatic heterocycles. The quantitative estimate of drug-likeness (QED) is 0.684. The number of hydrogen-bond donors (Lipinski definition) is 1. The minimum absolute atomic E-state index is 0.107. The first kappa shape index (κ1) is 17.4. The molecule has 0 radical (unpaired) electrons. The summed E-state index contributed by atoms with van der Waals surface area (Å²) in [5.74, 6) is 1.65. The second kappa shape index (κ2) is 6.92. The molecule has 27 heavy (non-hydrogen) atoms. The number of hydrogen-bond acceptors (Lipinski definition) is 7. The van der Waals surface area contributed by atoms with E-state index in [1.54, 1.807) is 31.6 Å². The van der Waals surface area contributed by atoms with Gasteiger partial charge in [-0.15, -0.1) is 11.3 Å². The van der Waals surface area contributed by atoms with Gasteiger partial charge in [0.25, 0.3) is 0 Å². The van der Waals surface area contributed by atoms with Crippen LogP contribution in [0.4, 0.5) is 5.82 Å². The molecule has 0 fully saturated rings. The molecule has 0 saturated carbocycles. The fraction of sp³-hybridized carbons (Fsp3) is 0.200. The number of fused-ring (bicyclic) bond motifs is 3. The van der Waals surface area contributed by atoms with Crippen LogP contribution < -0.4 is 14.8 Å². The number of esters is 1. The van der Waals surface area contributed by atoms with Crippen LogP contribution in [0.3, 0.4) is 0 Å². The molecule has 1 unspecified atom stereocenters. The van der Waals surface area contributed by atoms with Gasteiger partial charge in [0.1, 0.15) is 17.3 Å². The van der Waals surface area contributed by atoms with Crippen LogP contribution in [0.2, 0.25) is 0 Å². The monoisotopic (exact) mass is 382 g/mol. The summed E-state index contributed by atoms with van der Waals surface area (Å²) in [5, 5.41) is 5.52. The summed E-state index contributed by atoms with van der Waals surface area (Å²) in [5.41, 5.74) is 3.09. The highest BCUT2D eigenvalue weighted by molar-refractivity contribution is 7.10. The van der Waals surface area contributed by atoms with Crippen LogP contribution in [0.15, 0.2) is 41.9 Å². The van der Waals surface area contributed by atoms with Crippen LogP contribution in [0.25, 0.3) is 11.1 Å². The fourth-order valence-electron chi connectivity index (χ4n) is 3.30. The fourth-order valence-corrected chi connectivity index (χ4v) is 4.09. The lowest BCUT2D eigenvalue weighted by Gasteiger charge is -2.30. The topological polar surface area (TPSA) is 69.7 Å². The molecule has 1 aliphatic heterocycles. The Balaban J connectivity index is 1.98. The number of carbonyl (C=O) groups excluding carboxylic acids is 1. The van der Waals surface area contributed by atoms with Crippen molar-refractivity contribution >= 4 is 23.1 Å². The summed E-state index contributed by atoms with van der Waals surface area (Å²) in [6.45, 7) is 0. The zero-order valence-corrected chi connectivity index (χ0v) is 15.9. The van der Waals surface area contributed by atoms with Crippen LogP contribution >= 0.6 is 11.3 Å². The van der Waals surface area contributed by atoms with Gasteiger partial charge in [-0.1, -0.05) is 6.07 Å². The second-order valence-corrected chi connectivity index (χ2v) is 6.97. The van der Waals surface area contributed by atoms with Crippen molar-refractivity contribution in [2.45, 2.75) is 6.04 Å². The Hall–Kier alpha value is -3.06. The Morgan fingerprint density at radius 2 is 2.00 bits per heavy atom. The molecule has 1 atom stereocenters. The summed E-state index contributed by atoms with van der Waals surface area (Å²) in [6, 6.07) is 9.57. The van der Waals surface area contributed by atoms with Gasteiger partial charge in [-0.05, 0) is 29.1 Å². The van der Waals surface area contributed by atoms with Gasteiger partial charge in [-0.3, -0.25) is 0 Å². The van der Waals surface area contributed by atoms with Gasteiger partial charge in [-0.25, -0.2) is 9.78 Å². The van der Waals surface area contributed by atoms with Gasteiger partial charge >= 0.3 is 5.97 Å². The van der Waals surface area contributed by atoms with Crippen molar-refractivity contribution in [1.29, 1.82) is 0 Å². The molecular weight excluding hydrogens is 364 g/mol. The van der Waals surface area contributed by atoms with E-state index in [4.69, 9.17) is 14.2 Å². The molecule has 1 aromatic carbocycles. The number of thiophene rings is 1. The number of rotatable bonds is 4. The van der Waals surface area contributed by atoms with Gasteiger partial charge in [0.15, 0.2) is 0 Å². The van der Waals surface area contributed by atoms with Crippen LogP contribution in [-0.4, -0.2) is 32.3 Å². The van der Waals surface area contributed by atoms with E-state index in [9.17, 15) is 4.79 Å². The zero-order valence-electron chi connectivity index (χ0n) is 15.1. The maximum atomic E-state index is 12.0. The van der Waals surface area contributed by atoms with Gasteiger partial charge in [-0.2, -0.15) is 0 Å². The van der Waals surface area contributed by atoms with Gasteiger partial charge < -0.3 is 19.5 Å². The van der Waals surface area contributed by atoms with E-state index >= 15 is 0 Å². The highest BCUT2D eigenvalue weighted by Gasteiger charge is 2.31. The first-order chi connectivity index (χ1) is 13.2. The number of ether oxygens (including phenoxy) is 3. The molecule has 1 aliphatic rings. The van der Waals surface area contributed by atoms with Gasteiger partial charge in [0.05, 0.1) is 32.9 Å². The Morgan fingerprint density at radius 1 is 1.15 bits per heavy atom. The molecule has 3 heterocycles. The third-order valence-corrected chi connectivity index (χ3v) is 5.50. The normalized spacial score (nSPS) is 14.6. The zero-order chi connectivity index (χ0) is 19.0. The largest absolute Gasteiger partial charge is 0.497 e. The summed E-state index contributed by atoms with van der Waals surface area (Å²) in [6.07, 6.45) is 1.52. The second-order valence-electron chi connectivity index (χ2n) is 6.00. The molecule has 0 aliphatic carbocycles. The smallest absolute Gasteiger partial charge is 0.339 e. The lowest BCUT2D eigenvalue weighted by atomic mass is 9.89. The molecule has 0 spiro atoms. The summed E-state index contributed by atoms with van der Waals surface area (Å²) in [4.78, 5) is 17.6. The molecule has 4 rings (SSSR count). The van der Waals surface area contributed by atoms with Crippen molar-refractivity contribution < 1.29 is 19.0 Å². The van der Waals surface area contributed by atoms with Crippen molar-refractivity contribution in [3.8, 4) is 22.6 Å². The number of nitrogens with one attached hydrogen (secondary N) is 1. The molecule has 3 aromatic rings. The van der Waals surface area contributed by atoms with Crippen molar-refractivity contribution in [2.24, 2.45) is 0 Å². The number of pyridine rings is 1. The highest BCUT2D eigenvalue weighted by atomic mass is 32.1. The SMILES string of the molecule is COC(=O)c1cnc2c(c1)-c1cc(OC)cc(OC)c1C(c1cccs1)N2. The van der Waals surface area contributed by atoms with Crippen LogP contribution in [0, 0.1) is 0 Å². The van der Waals surface area contributed by atoms with E-state index in [0.29, 0.717) is 22.9 Å². The first-order valence-corrected chi connectivity index (χ1v) is 9.18. The molecule has 0 bridgehead atoms. The average molecular weight is 382 g/mol. The van der Waals surface area contributed by atoms with E-state index in [-0.39, 0.29) is 6.04 Å². The summed E-state index contributed by atoms with van der Waals surface area (Å²) >= 11 is 1.66. The molecular formula is C20H18N2O4S. The lowest BCUT2D eigenvalue weighted by molar-refractivity contribution is 0.0600. The van der Waals surface area contributed by atoms with E-state index in [1.807, 2.05) is 23.6 Å². The number of anilines is 1. The van der Waals surface area contributed by atoms with Crippen molar-refractivity contribution in [2.75, 3.05) is 26.6 Å². The lowest BCUT2D eigenvalue weighted by Crippen LogP contribution is -2.20. The molecule has 0 amide bonds. The molecule has 6 nitrogen and oxygen atoms in total. The summed E-state index contributed by atoms with van der Waals surface area (Å²) < 4.78 is 16.0. The Kier molecular flexibility index (Phi) is 4.45. The minimum atomic E-state index is -0.429. The van der Waals surface area contributed by atoms with E-state index < -0.39 is 5.97 Å². The van der Waals surface area contributed by atoms with Gasteiger partial charge in [0, 0.05) is 28.3 Å². The molecule has 138 valence electrons. The maximum Gasteiger partial charge on any atom is 0.339 e. The number of nitrogens with zero attached hydrogens (tertiary/aromatic N) is 1. The van der Waals surface area contributed by atoms with Crippen molar-refractivity contribution in [3.05, 3.63) is 57.9 Å². The predicted molar refractivity (Wildman–Crippen MR) is 104 cm³/mol. The third-order valence-electron chi connectivity index (χ3n) is 4.57. The van der Waals surface area contributed by atoms with Crippen molar-refractivity contribution in [1.82, 2.24) is 4.98 Å². The van der Waals surface area contributed by atoms with Crippen molar-refractivity contribution in [3.63, 3.8) is 0 Å². The molecule has 1 N–H and O–H groups in total. The maximum absolute atomic E-state index is 12.0. The molecule has 0 saturated heterocycles. The summed E-state index contributed by atoms with van der Waals surface area (Å²) in [7, 11) is 4.61. The van der Waals surface area contributed by atoms with E-state index in [0.717, 1.165) is 21.6 Å². The van der Waals surface area contributed by atoms with Crippen LogP contribution in [0.1, 0.15) is 26.8 Å². The van der Waals surface area contributed by atoms with Gasteiger partial charge in [0.2, 0.25) is 0 Å². The van der Waals surface area contributed by atoms with Crippen LogP contribution in [-0.2, 0) is 4.74 Å². The first-order valence-electron chi connectivity index (χ1n) is 8.30. The third kappa shape index (κ3) is 2.90. The minimum Gasteiger partial charge on any atom is -0.497 e. The standard InChI is InChI=1S/C20H18N2O4S/c1-24-12-8-13-14-7-11(20(23)26-3)10-21-19(14)22-18(16-5-4-6-27-16)17(13)15(9-12)25-2/h4-10,18H,1-3H3,(H,21,22).